The standard InChI is InChI=1S/C11H18N4O2/c1-15(7-9-12-8-13-14-9)10(16)6-11(17-2)4-3-5-11/h8H,3-7H2,1-2H3,(H,12,13,14). The summed E-state index contributed by atoms with van der Waals surface area (Å²) in [6.45, 7) is 0.457. The molecule has 1 aliphatic carbocycles. The third-order valence-corrected chi connectivity index (χ3v) is 3.45. The van der Waals surface area contributed by atoms with E-state index >= 15 is 0 Å². The van der Waals surface area contributed by atoms with Crippen molar-refractivity contribution in [2.24, 2.45) is 0 Å². The van der Waals surface area contributed by atoms with Crippen molar-refractivity contribution in [3.8, 4) is 0 Å². The van der Waals surface area contributed by atoms with Gasteiger partial charge in [-0.25, -0.2) is 4.98 Å². The Morgan fingerprint density at radius 3 is 2.88 bits per heavy atom. The number of carbonyl (C=O) groups is 1. The van der Waals surface area contributed by atoms with Crippen molar-refractivity contribution in [3.05, 3.63) is 12.2 Å². The Morgan fingerprint density at radius 2 is 2.41 bits per heavy atom. The van der Waals surface area contributed by atoms with Gasteiger partial charge in [0.2, 0.25) is 5.91 Å². The van der Waals surface area contributed by atoms with Crippen LogP contribution in [0, 0.1) is 0 Å². The number of H-pyrrole nitrogens is 1. The van der Waals surface area contributed by atoms with Crippen LogP contribution in [0.25, 0.3) is 0 Å². The summed E-state index contributed by atoms with van der Waals surface area (Å²) in [5.74, 6) is 0.781. The first kappa shape index (κ1) is 12.0. The van der Waals surface area contributed by atoms with Crippen LogP contribution in [-0.4, -0.2) is 45.7 Å². The molecule has 0 radical (unpaired) electrons. The van der Waals surface area contributed by atoms with Crippen molar-refractivity contribution in [2.45, 2.75) is 37.8 Å². The summed E-state index contributed by atoms with van der Waals surface area (Å²) in [6.07, 6.45) is 4.99. The van der Waals surface area contributed by atoms with Gasteiger partial charge < -0.3 is 9.64 Å². The number of hydrogen-bond acceptors (Lipinski definition) is 4. The molecule has 1 N–H and O–H groups in total. The van der Waals surface area contributed by atoms with Gasteiger partial charge in [0.15, 0.2) is 0 Å². The van der Waals surface area contributed by atoms with Gasteiger partial charge in [-0.1, -0.05) is 0 Å². The number of aromatic nitrogens is 3. The van der Waals surface area contributed by atoms with Crippen LogP contribution >= 0.6 is 0 Å². The molecule has 2 rings (SSSR count). The highest BCUT2D eigenvalue weighted by Crippen LogP contribution is 2.38. The second kappa shape index (κ2) is 4.83. The lowest BCUT2D eigenvalue weighted by atomic mass is 9.77. The van der Waals surface area contributed by atoms with Crippen molar-refractivity contribution >= 4 is 5.91 Å². The molecule has 1 aliphatic rings. The number of carbonyl (C=O) groups excluding carboxylic acids is 1. The van der Waals surface area contributed by atoms with Gasteiger partial charge in [-0.05, 0) is 19.3 Å². The summed E-state index contributed by atoms with van der Waals surface area (Å²) in [5.41, 5.74) is -0.216. The van der Waals surface area contributed by atoms with E-state index in [4.69, 9.17) is 4.74 Å². The maximum atomic E-state index is 12.0. The first-order chi connectivity index (χ1) is 8.15. The van der Waals surface area contributed by atoms with Crippen molar-refractivity contribution in [1.29, 1.82) is 0 Å². The van der Waals surface area contributed by atoms with Gasteiger partial charge in [-0.15, -0.1) is 0 Å². The highest BCUT2D eigenvalue weighted by Gasteiger charge is 2.39. The fourth-order valence-corrected chi connectivity index (χ4v) is 2.05. The Labute approximate surface area is 100 Å². The van der Waals surface area contributed by atoms with E-state index in [9.17, 15) is 4.79 Å². The summed E-state index contributed by atoms with van der Waals surface area (Å²) in [7, 11) is 3.45. The molecular formula is C11H18N4O2. The smallest absolute Gasteiger partial charge is 0.225 e. The van der Waals surface area contributed by atoms with Crippen molar-refractivity contribution in [1.82, 2.24) is 20.1 Å². The molecular weight excluding hydrogens is 220 g/mol. The lowest BCUT2D eigenvalue weighted by molar-refractivity contribution is -0.143. The first-order valence-corrected chi connectivity index (χ1v) is 5.78. The van der Waals surface area contributed by atoms with E-state index < -0.39 is 0 Å². The van der Waals surface area contributed by atoms with Crippen LogP contribution in [0.2, 0.25) is 0 Å². The Bertz CT molecular complexity index is 367. The van der Waals surface area contributed by atoms with Crippen molar-refractivity contribution < 1.29 is 9.53 Å². The molecule has 1 saturated carbocycles. The molecule has 1 aromatic rings. The molecule has 1 amide bonds. The van der Waals surface area contributed by atoms with E-state index in [1.807, 2.05) is 0 Å². The fraction of sp³-hybridized carbons (Fsp3) is 0.727. The summed E-state index contributed by atoms with van der Waals surface area (Å²) in [6, 6.07) is 0. The van der Waals surface area contributed by atoms with Crippen LogP contribution in [0.4, 0.5) is 0 Å². The molecule has 94 valence electrons. The molecule has 0 unspecified atom stereocenters. The quantitative estimate of drug-likeness (QED) is 0.820. The molecule has 1 aromatic heterocycles. The average molecular weight is 238 g/mol. The zero-order valence-corrected chi connectivity index (χ0v) is 10.3. The number of rotatable bonds is 5. The van der Waals surface area contributed by atoms with Gasteiger partial charge in [0, 0.05) is 14.2 Å². The summed E-state index contributed by atoms with van der Waals surface area (Å²) in [5, 5.41) is 6.50. The zero-order valence-electron chi connectivity index (χ0n) is 10.3. The second-order valence-corrected chi connectivity index (χ2v) is 4.60. The normalized spacial score (nSPS) is 17.5. The van der Waals surface area contributed by atoms with Gasteiger partial charge >= 0.3 is 0 Å². The molecule has 0 bridgehead atoms. The van der Waals surface area contributed by atoms with E-state index in [0.717, 1.165) is 19.3 Å². The number of hydrogen-bond donors (Lipinski definition) is 1. The largest absolute Gasteiger partial charge is 0.378 e. The Balaban J connectivity index is 1.87. The Kier molecular flexibility index (Phi) is 3.42. The fourth-order valence-electron chi connectivity index (χ4n) is 2.05. The number of nitrogens with zero attached hydrogens (tertiary/aromatic N) is 3. The van der Waals surface area contributed by atoms with Crippen LogP contribution in [-0.2, 0) is 16.1 Å². The number of ether oxygens (including phenoxy) is 1. The van der Waals surface area contributed by atoms with Crippen LogP contribution in [0.1, 0.15) is 31.5 Å². The summed E-state index contributed by atoms with van der Waals surface area (Å²) < 4.78 is 5.45. The highest BCUT2D eigenvalue weighted by atomic mass is 16.5. The van der Waals surface area contributed by atoms with E-state index in [1.165, 1.54) is 6.33 Å². The monoisotopic (exact) mass is 238 g/mol. The van der Waals surface area contributed by atoms with Crippen LogP contribution in [0.15, 0.2) is 6.33 Å². The minimum atomic E-state index is -0.216. The molecule has 0 spiro atoms. The molecule has 6 nitrogen and oxygen atoms in total. The van der Waals surface area contributed by atoms with Gasteiger partial charge in [0.05, 0.1) is 18.6 Å². The third-order valence-electron chi connectivity index (χ3n) is 3.45. The molecule has 6 heteroatoms. The molecule has 1 heterocycles. The maximum Gasteiger partial charge on any atom is 0.225 e. The average Bonchev–Trinajstić information content (AvgIpc) is 2.75. The zero-order chi connectivity index (χ0) is 12.3. The van der Waals surface area contributed by atoms with E-state index in [2.05, 4.69) is 15.2 Å². The number of amides is 1. The van der Waals surface area contributed by atoms with E-state index in [1.54, 1.807) is 19.1 Å². The van der Waals surface area contributed by atoms with Crippen LogP contribution < -0.4 is 0 Å². The minimum Gasteiger partial charge on any atom is -0.378 e. The molecule has 1 fully saturated rings. The number of methoxy groups -OCH3 is 1. The van der Waals surface area contributed by atoms with Crippen LogP contribution in [0.3, 0.4) is 0 Å². The summed E-state index contributed by atoms with van der Waals surface area (Å²) >= 11 is 0. The molecule has 0 atom stereocenters. The lowest BCUT2D eigenvalue weighted by Crippen LogP contribution is -2.44. The molecule has 17 heavy (non-hydrogen) atoms. The van der Waals surface area contributed by atoms with Gasteiger partial charge in [0.1, 0.15) is 12.2 Å². The van der Waals surface area contributed by atoms with Crippen molar-refractivity contribution in [3.63, 3.8) is 0 Å². The van der Waals surface area contributed by atoms with Gasteiger partial charge in [-0.3, -0.25) is 9.89 Å². The molecule has 0 aromatic carbocycles. The number of aromatic amines is 1. The predicted molar refractivity (Wildman–Crippen MR) is 61.1 cm³/mol. The lowest BCUT2D eigenvalue weighted by Gasteiger charge is -2.40. The maximum absolute atomic E-state index is 12.0. The first-order valence-electron chi connectivity index (χ1n) is 5.78. The number of nitrogens with one attached hydrogen (secondary N) is 1. The minimum absolute atomic E-state index is 0.0861. The SMILES string of the molecule is COC1(CC(=O)N(C)Cc2ncn[nH]2)CCC1. The van der Waals surface area contributed by atoms with Crippen LogP contribution in [0.5, 0.6) is 0 Å². The second-order valence-electron chi connectivity index (χ2n) is 4.60. The van der Waals surface area contributed by atoms with E-state index in [0.29, 0.717) is 18.8 Å². The predicted octanol–water partition coefficient (Wildman–Crippen LogP) is 0.722. The topological polar surface area (TPSA) is 71.1 Å². The van der Waals surface area contributed by atoms with E-state index in [-0.39, 0.29) is 11.5 Å². The van der Waals surface area contributed by atoms with Gasteiger partial charge in [0.25, 0.3) is 0 Å². The highest BCUT2D eigenvalue weighted by molar-refractivity contribution is 5.77. The summed E-state index contributed by atoms with van der Waals surface area (Å²) in [4.78, 5) is 17.7. The third kappa shape index (κ3) is 2.63. The Hall–Kier alpha value is -1.43. The molecule has 0 aliphatic heterocycles. The Morgan fingerprint density at radius 1 is 1.65 bits per heavy atom. The van der Waals surface area contributed by atoms with Gasteiger partial charge in [-0.2, -0.15) is 5.10 Å². The van der Waals surface area contributed by atoms with Crippen molar-refractivity contribution in [2.75, 3.05) is 14.2 Å². The molecule has 0 saturated heterocycles.